The molecule has 1 fully saturated rings. The van der Waals surface area contributed by atoms with Gasteiger partial charge in [0, 0.05) is 0 Å². The van der Waals surface area contributed by atoms with E-state index in [2.05, 4.69) is 13.8 Å². The number of carbonyl (C=O) groups is 1. The molecule has 2 unspecified atom stereocenters. The van der Waals surface area contributed by atoms with Gasteiger partial charge >= 0.3 is 1.43 Å². The maximum atomic E-state index is 8.87. The van der Waals surface area contributed by atoms with Gasteiger partial charge in [-0.25, -0.2) is 0 Å². The Morgan fingerprint density at radius 2 is 1.61 bits per heavy atom. The Bertz CT molecular complexity index is 194. The van der Waals surface area contributed by atoms with Crippen LogP contribution in [0, 0.1) is 0 Å². The van der Waals surface area contributed by atoms with Crippen molar-refractivity contribution in [2.75, 3.05) is 6.79 Å². The zero-order valence-corrected chi connectivity index (χ0v) is 12.7. The number of hydrogen-bond acceptors (Lipinski definition) is 5. The predicted molar refractivity (Wildman–Crippen MR) is 103 cm³/mol. The molecule has 4 atom stereocenters. The third-order valence-electron chi connectivity index (χ3n) is 2.79. The first-order valence-corrected chi connectivity index (χ1v) is 6.87. The summed E-state index contributed by atoms with van der Waals surface area (Å²) >= 11 is 0. The summed E-state index contributed by atoms with van der Waals surface area (Å²) in [7, 11) is 0. The topological polar surface area (TPSA) is 76.0 Å². The van der Waals surface area contributed by atoms with Crippen LogP contribution in [0.1, 0.15) is 84.5 Å². The number of aliphatic hydroxyl groups is 2. The molecule has 0 aliphatic carbocycles. The molecule has 0 amide bonds. The number of ether oxygens (including phenoxy) is 2. The fourth-order valence-electron chi connectivity index (χ4n) is 1.60. The van der Waals surface area contributed by atoms with Crippen molar-refractivity contribution in [3.63, 3.8) is 0 Å². The molecule has 1 aliphatic rings. The van der Waals surface area contributed by atoms with Gasteiger partial charge in [0.15, 0.2) is 0 Å². The molecule has 0 bridgehead atoms. The van der Waals surface area contributed by atoms with Gasteiger partial charge in [0.2, 0.25) is 0 Å². The van der Waals surface area contributed by atoms with Gasteiger partial charge in [0.05, 0.1) is 24.4 Å². The lowest BCUT2D eigenvalue weighted by atomic mass is 10.1. The third-order valence-corrected chi connectivity index (χ3v) is 2.79. The Kier molecular flexibility index (Phi) is 43.9. The molecule has 23 heavy (non-hydrogen) atoms. The minimum absolute atomic E-state index is 0. The van der Waals surface area contributed by atoms with Gasteiger partial charge in [-0.15, -0.1) is 0 Å². The molecule has 2 N–H and O–H groups in total. The minimum Gasteiger partial charge on any atom is -0.393 e. The minimum atomic E-state index is -0.370. The van der Waals surface area contributed by atoms with E-state index >= 15 is 0 Å². The van der Waals surface area contributed by atoms with Gasteiger partial charge in [-0.1, -0.05) is 43.6 Å². The maximum absolute atomic E-state index is 8.87. The number of rotatable bonds is 4. The van der Waals surface area contributed by atoms with Crippen molar-refractivity contribution < 1.29 is 25.9 Å². The van der Waals surface area contributed by atoms with Crippen LogP contribution in [0.3, 0.4) is 0 Å². The average Bonchev–Trinajstić information content (AvgIpc) is 2.41. The van der Waals surface area contributed by atoms with E-state index in [1.807, 2.05) is 13.7 Å². The lowest BCUT2D eigenvalue weighted by Crippen LogP contribution is -2.28. The van der Waals surface area contributed by atoms with Crippen molar-refractivity contribution in [3.05, 3.63) is 0 Å². The molecule has 0 aromatic carbocycles. The Balaban J connectivity index is -0.0000000368. The molecule has 1 saturated heterocycles. The highest BCUT2D eigenvalue weighted by Crippen LogP contribution is 2.14. The van der Waals surface area contributed by atoms with Crippen LogP contribution in [0.25, 0.3) is 0 Å². The van der Waals surface area contributed by atoms with Crippen molar-refractivity contribution in [2.24, 2.45) is 0 Å². The molecule has 1 rings (SSSR count). The summed E-state index contributed by atoms with van der Waals surface area (Å²) < 4.78 is 10.5. The molecule has 0 spiro atoms. The second-order valence-electron chi connectivity index (χ2n) is 4.67. The standard InChI is InChI=1S/C7H14O2.C6H14O2.CH2O.4CH4/c1-3-7-4-6(2)8-5-9-7;1-3-6(8)4-5(2)7;1-2;;;;/h6-7H,3-5H2,1-2H3;5-8H,3-4H2,1-2H3;1H2;4*1H4/p+1/t6-,7?;5-,6?;;;;;/m11...../s1. The summed E-state index contributed by atoms with van der Waals surface area (Å²) in [4.78, 5) is 8.00. The van der Waals surface area contributed by atoms with Crippen molar-refractivity contribution >= 4 is 6.79 Å². The van der Waals surface area contributed by atoms with E-state index in [4.69, 9.17) is 24.5 Å². The Morgan fingerprint density at radius 3 is 1.83 bits per heavy atom. The van der Waals surface area contributed by atoms with Gasteiger partial charge in [-0.05, 0) is 39.5 Å². The molecule has 5 heteroatoms. The Morgan fingerprint density at radius 1 is 1.13 bits per heavy atom. The zero-order chi connectivity index (χ0) is 15.3. The Labute approximate surface area is 147 Å². The molecule has 1 aliphatic heterocycles. The van der Waals surface area contributed by atoms with Crippen molar-refractivity contribution in [2.45, 2.75) is 108 Å². The van der Waals surface area contributed by atoms with Crippen molar-refractivity contribution in [3.8, 4) is 0 Å². The van der Waals surface area contributed by atoms with E-state index in [1.54, 1.807) is 6.92 Å². The molecular formula is C18H47O5+. The summed E-state index contributed by atoms with van der Waals surface area (Å²) in [5.74, 6) is 0. The van der Waals surface area contributed by atoms with Crippen LogP contribution in [0.5, 0.6) is 0 Å². The van der Waals surface area contributed by atoms with Crippen LogP contribution in [0.2, 0.25) is 0 Å². The van der Waals surface area contributed by atoms with Crippen LogP contribution in [0.15, 0.2) is 0 Å². The largest absolute Gasteiger partial charge is 1.00 e. The molecular weight excluding hydrogens is 296 g/mol. The van der Waals surface area contributed by atoms with Gasteiger partial charge in [-0.3, -0.25) is 0 Å². The van der Waals surface area contributed by atoms with E-state index in [0.29, 0.717) is 25.4 Å². The smallest absolute Gasteiger partial charge is 0.393 e. The second kappa shape index (κ2) is 26.4. The molecule has 148 valence electrons. The first-order valence-electron chi connectivity index (χ1n) is 6.87. The lowest BCUT2D eigenvalue weighted by Gasteiger charge is -2.26. The number of hydrogen-bond donors (Lipinski definition) is 2. The summed E-state index contributed by atoms with van der Waals surface area (Å²) in [5, 5.41) is 17.6. The van der Waals surface area contributed by atoms with Gasteiger partial charge in [0.1, 0.15) is 13.6 Å². The second-order valence-corrected chi connectivity index (χ2v) is 4.67. The van der Waals surface area contributed by atoms with E-state index in [-0.39, 0.29) is 43.3 Å². The monoisotopic (exact) mass is 343 g/mol. The highest BCUT2D eigenvalue weighted by Gasteiger charge is 2.17. The molecule has 5 nitrogen and oxygen atoms in total. The predicted octanol–water partition coefficient (Wildman–Crippen LogP) is 4.55. The summed E-state index contributed by atoms with van der Waals surface area (Å²) in [6, 6.07) is 0. The summed E-state index contributed by atoms with van der Waals surface area (Å²) in [5.41, 5.74) is 0. The fourth-order valence-corrected chi connectivity index (χ4v) is 1.60. The number of aliphatic hydroxyl groups excluding tert-OH is 2. The third kappa shape index (κ3) is 26.7. The van der Waals surface area contributed by atoms with Crippen LogP contribution in [-0.2, 0) is 14.3 Å². The quantitative estimate of drug-likeness (QED) is 0.783. The van der Waals surface area contributed by atoms with Crippen LogP contribution in [0.4, 0.5) is 0 Å². The first-order chi connectivity index (χ1) is 8.99. The van der Waals surface area contributed by atoms with E-state index in [1.165, 1.54) is 0 Å². The SMILES string of the molecule is C.C.C.C.C=O.CCC(O)C[C@@H](C)O.CCC1C[C@@H](C)OCO1.[H+]. The molecule has 0 aromatic rings. The summed E-state index contributed by atoms with van der Waals surface area (Å²) in [6.07, 6.45) is 3.52. The number of carbonyl (C=O) groups excluding carboxylic acids is 1. The lowest BCUT2D eigenvalue weighted by molar-refractivity contribution is -0.170. The van der Waals surface area contributed by atoms with Crippen LogP contribution in [-0.4, -0.2) is 48.2 Å². The normalized spacial score (nSPS) is 20.8. The highest BCUT2D eigenvalue weighted by molar-refractivity contribution is 5.10. The Hall–Kier alpha value is -0.490. The van der Waals surface area contributed by atoms with Gasteiger partial charge in [-0.2, -0.15) is 0 Å². The van der Waals surface area contributed by atoms with Gasteiger partial charge in [0.25, 0.3) is 0 Å². The molecule has 0 aromatic heterocycles. The first kappa shape index (κ1) is 38.2. The molecule has 0 radical (unpaired) electrons. The molecule has 0 saturated carbocycles. The van der Waals surface area contributed by atoms with E-state index in [9.17, 15) is 0 Å². The highest BCUT2D eigenvalue weighted by atomic mass is 16.7. The average molecular weight is 344 g/mol. The van der Waals surface area contributed by atoms with E-state index < -0.39 is 0 Å². The fraction of sp³-hybridized carbons (Fsp3) is 0.944. The zero-order valence-electron chi connectivity index (χ0n) is 13.7. The van der Waals surface area contributed by atoms with E-state index in [0.717, 1.165) is 19.3 Å². The molecule has 1 heterocycles. The van der Waals surface area contributed by atoms with Crippen LogP contribution >= 0.6 is 0 Å². The van der Waals surface area contributed by atoms with Crippen LogP contribution < -0.4 is 0 Å². The van der Waals surface area contributed by atoms with Crippen molar-refractivity contribution in [1.29, 1.82) is 0 Å². The maximum Gasteiger partial charge on any atom is 1.00 e. The van der Waals surface area contributed by atoms with Gasteiger partial charge < -0.3 is 24.5 Å². The summed E-state index contributed by atoms with van der Waals surface area (Å²) in [6.45, 7) is 10.3. The van der Waals surface area contributed by atoms with Crippen molar-refractivity contribution in [1.82, 2.24) is 0 Å².